The second kappa shape index (κ2) is 7.00. The summed E-state index contributed by atoms with van der Waals surface area (Å²) in [5.74, 6) is 1.75. The lowest BCUT2D eigenvalue weighted by molar-refractivity contribution is 0.145. The number of methoxy groups -OCH3 is 1. The first kappa shape index (κ1) is 17.9. The summed E-state index contributed by atoms with van der Waals surface area (Å²) in [4.78, 5) is 16.0. The summed E-state index contributed by atoms with van der Waals surface area (Å²) < 4.78 is 7.69. The molecule has 1 aromatic carbocycles. The molecule has 0 spiro atoms. The van der Waals surface area contributed by atoms with Crippen molar-refractivity contribution in [1.82, 2.24) is 19.4 Å². The van der Waals surface area contributed by atoms with Crippen LogP contribution in [0.15, 0.2) is 42.9 Å². The van der Waals surface area contributed by atoms with Gasteiger partial charge in [-0.05, 0) is 38.0 Å². The van der Waals surface area contributed by atoms with Crippen LogP contribution in [-0.2, 0) is 0 Å². The minimum absolute atomic E-state index is 0.222. The van der Waals surface area contributed by atoms with Crippen LogP contribution in [0, 0.1) is 6.92 Å². The number of hydrogen-bond donors (Lipinski definition) is 1. The van der Waals surface area contributed by atoms with Gasteiger partial charge in [0.15, 0.2) is 5.65 Å². The summed E-state index contributed by atoms with van der Waals surface area (Å²) >= 11 is 0. The second-order valence-electron chi connectivity index (χ2n) is 7.48. The van der Waals surface area contributed by atoms with Crippen molar-refractivity contribution in [2.24, 2.45) is 0 Å². The molecule has 0 radical (unpaired) electrons. The molecule has 1 aliphatic heterocycles. The average molecular weight is 389 g/mol. The van der Waals surface area contributed by atoms with E-state index in [1.54, 1.807) is 13.3 Å². The van der Waals surface area contributed by atoms with E-state index < -0.39 is 0 Å². The molecule has 1 fully saturated rings. The Labute approximate surface area is 168 Å². The number of benzene rings is 1. The Hall–Kier alpha value is -3.19. The van der Waals surface area contributed by atoms with Gasteiger partial charge in [-0.1, -0.05) is 6.07 Å². The number of ether oxygens (including phenoxy) is 1. The summed E-state index contributed by atoms with van der Waals surface area (Å²) in [7, 11) is 1.67. The Morgan fingerprint density at radius 2 is 1.90 bits per heavy atom. The number of imidazole rings is 1. The molecule has 0 aliphatic carbocycles. The van der Waals surface area contributed by atoms with E-state index in [-0.39, 0.29) is 6.10 Å². The van der Waals surface area contributed by atoms with Crippen molar-refractivity contribution in [2.75, 3.05) is 25.1 Å². The molecule has 7 heteroatoms. The van der Waals surface area contributed by atoms with Gasteiger partial charge in [-0.2, -0.15) is 0 Å². The first-order valence-electron chi connectivity index (χ1n) is 9.85. The Morgan fingerprint density at radius 1 is 1.07 bits per heavy atom. The third kappa shape index (κ3) is 2.98. The van der Waals surface area contributed by atoms with Gasteiger partial charge in [-0.3, -0.25) is 9.38 Å². The van der Waals surface area contributed by atoms with Crippen LogP contribution in [0.1, 0.15) is 18.5 Å². The van der Waals surface area contributed by atoms with E-state index >= 15 is 0 Å². The third-order valence-corrected chi connectivity index (χ3v) is 5.64. The summed E-state index contributed by atoms with van der Waals surface area (Å²) in [5.41, 5.74) is 4.62. The molecule has 148 valence electrons. The molecule has 4 heterocycles. The smallest absolute Gasteiger partial charge is 0.157 e. The van der Waals surface area contributed by atoms with Crippen molar-refractivity contribution < 1.29 is 9.84 Å². The van der Waals surface area contributed by atoms with Crippen molar-refractivity contribution in [1.29, 1.82) is 0 Å². The third-order valence-electron chi connectivity index (χ3n) is 5.64. The molecule has 1 N–H and O–H groups in total. The molecule has 0 bridgehead atoms. The number of aryl methyl sites for hydroxylation is 1. The molecular formula is C22H23N5O2. The molecule has 4 aromatic rings. The second-order valence-corrected chi connectivity index (χ2v) is 7.48. The Morgan fingerprint density at radius 3 is 2.69 bits per heavy atom. The number of piperidine rings is 1. The van der Waals surface area contributed by atoms with Crippen molar-refractivity contribution in [2.45, 2.75) is 25.9 Å². The zero-order valence-corrected chi connectivity index (χ0v) is 16.5. The van der Waals surface area contributed by atoms with Crippen LogP contribution in [0.4, 0.5) is 5.82 Å². The van der Waals surface area contributed by atoms with Crippen LogP contribution in [0.2, 0.25) is 0 Å². The largest absolute Gasteiger partial charge is 0.494 e. The minimum Gasteiger partial charge on any atom is -0.494 e. The normalized spacial score (nSPS) is 15.3. The maximum atomic E-state index is 9.89. The number of hydrogen-bond acceptors (Lipinski definition) is 6. The highest BCUT2D eigenvalue weighted by molar-refractivity contribution is 5.97. The van der Waals surface area contributed by atoms with Crippen molar-refractivity contribution >= 4 is 22.4 Å². The van der Waals surface area contributed by atoms with Crippen molar-refractivity contribution in [3.8, 4) is 17.0 Å². The SMILES string of the molecule is COc1ccc(-c2cnc3cncc(N4CCC(O)CC4)n23)c2ccc(C)nc12. The lowest BCUT2D eigenvalue weighted by Crippen LogP contribution is -2.36. The molecule has 0 unspecified atom stereocenters. The fourth-order valence-corrected chi connectivity index (χ4v) is 4.11. The lowest BCUT2D eigenvalue weighted by atomic mass is 10.0. The zero-order valence-electron chi connectivity index (χ0n) is 16.5. The van der Waals surface area contributed by atoms with E-state index in [0.717, 1.165) is 71.0 Å². The molecule has 0 amide bonds. The Kier molecular flexibility index (Phi) is 4.32. The molecule has 3 aromatic heterocycles. The van der Waals surface area contributed by atoms with Crippen molar-refractivity contribution in [3.05, 3.63) is 48.5 Å². The quantitative estimate of drug-likeness (QED) is 0.580. The van der Waals surface area contributed by atoms with E-state index in [1.807, 2.05) is 31.5 Å². The maximum absolute atomic E-state index is 9.89. The lowest BCUT2D eigenvalue weighted by Gasteiger charge is -2.31. The monoisotopic (exact) mass is 389 g/mol. The van der Waals surface area contributed by atoms with Gasteiger partial charge in [0.1, 0.15) is 17.1 Å². The van der Waals surface area contributed by atoms with Crippen LogP contribution in [0.5, 0.6) is 5.75 Å². The molecule has 5 rings (SSSR count). The van der Waals surface area contributed by atoms with Crippen LogP contribution < -0.4 is 9.64 Å². The first-order chi connectivity index (χ1) is 14.2. The number of nitrogens with zero attached hydrogens (tertiary/aromatic N) is 5. The molecular weight excluding hydrogens is 366 g/mol. The van der Waals surface area contributed by atoms with E-state index in [9.17, 15) is 5.11 Å². The molecule has 1 saturated heterocycles. The average Bonchev–Trinajstić information content (AvgIpc) is 3.17. The number of anilines is 1. The van der Waals surface area contributed by atoms with E-state index in [0.29, 0.717) is 0 Å². The first-order valence-corrected chi connectivity index (χ1v) is 9.85. The van der Waals surface area contributed by atoms with Gasteiger partial charge in [0.05, 0.1) is 37.5 Å². The number of aliphatic hydroxyl groups excluding tert-OH is 1. The fraction of sp³-hybridized carbons (Fsp3) is 0.318. The van der Waals surface area contributed by atoms with Crippen LogP contribution >= 0.6 is 0 Å². The summed E-state index contributed by atoms with van der Waals surface area (Å²) in [6.45, 7) is 3.57. The highest BCUT2D eigenvalue weighted by atomic mass is 16.5. The predicted octanol–water partition coefficient (Wildman–Crippen LogP) is 3.22. The van der Waals surface area contributed by atoms with Gasteiger partial charge >= 0.3 is 0 Å². The number of aromatic nitrogens is 4. The molecule has 7 nitrogen and oxygen atoms in total. The summed E-state index contributed by atoms with van der Waals surface area (Å²) in [6.07, 6.45) is 6.84. The molecule has 29 heavy (non-hydrogen) atoms. The topological polar surface area (TPSA) is 75.8 Å². The number of pyridine rings is 1. The van der Waals surface area contributed by atoms with E-state index in [2.05, 4.69) is 31.4 Å². The zero-order chi connectivity index (χ0) is 20.0. The van der Waals surface area contributed by atoms with Crippen LogP contribution in [0.25, 0.3) is 27.8 Å². The van der Waals surface area contributed by atoms with Gasteiger partial charge < -0.3 is 14.7 Å². The van der Waals surface area contributed by atoms with Gasteiger partial charge in [0, 0.05) is 29.7 Å². The molecule has 0 atom stereocenters. The van der Waals surface area contributed by atoms with Gasteiger partial charge in [0.25, 0.3) is 0 Å². The summed E-state index contributed by atoms with van der Waals surface area (Å²) in [5, 5.41) is 10.9. The fourth-order valence-electron chi connectivity index (χ4n) is 4.11. The standard InChI is InChI=1S/C22H23N5O2/c1-14-3-4-17-16(5-6-19(29-2)22(17)25-14)18-11-24-20-12-23-13-21(27(18)20)26-9-7-15(28)8-10-26/h3-6,11-13,15,28H,7-10H2,1-2H3. The van der Waals surface area contributed by atoms with Crippen LogP contribution in [-0.4, -0.2) is 50.8 Å². The van der Waals surface area contributed by atoms with Gasteiger partial charge in [-0.15, -0.1) is 0 Å². The van der Waals surface area contributed by atoms with Crippen molar-refractivity contribution in [3.63, 3.8) is 0 Å². The minimum atomic E-state index is -0.222. The van der Waals surface area contributed by atoms with E-state index in [1.165, 1.54) is 0 Å². The molecule has 1 aliphatic rings. The van der Waals surface area contributed by atoms with Gasteiger partial charge in [0.2, 0.25) is 0 Å². The Balaban J connectivity index is 1.73. The predicted molar refractivity (Wildman–Crippen MR) is 112 cm³/mol. The highest BCUT2D eigenvalue weighted by Crippen LogP contribution is 2.35. The number of aliphatic hydroxyl groups is 1. The maximum Gasteiger partial charge on any atom is 0.157 e. The number of rotatable bonds is 3. The summed E-state index contributed by atoms with van der Waals surface area (Å²) in [6, 6.07) is 8.13. The van der Waals surface area contributed by atoms with E-state index in [4.69, 9.17) is 9.72 Å². The van der Waals surface area contributed by atoms with Crippen LogP contribution in [0.3, 0.4) is 0 Å². The Bertz CT molecular complexity index is 1190. The van der Waals surface area contributed by atoms with Gasteiger partial charge in [-0.25, -0.2) is 9.97 Å². The number of fused-ring (bicyclic) bond motifs is 2. The highest BCUT2D eigenvalue weighted by Gasteiger charge is 2.22. The molecule has 0 saturated carbocycles.